The van der Waals surface area contributed by atoms with Crippen LogP contribution in [-0.2, 0) is 14.3 Å². The molecule has 1 aliphatic heterocycles. The SMILES string of the molecule is N[C@@H](CO)C(=O)[C@H](O[C@@H]1O[C@H](CO)[C@H](O)[C@H](O)[C@H]1O)[C@H](O)CO. The second kappa shape index (κ2) is 8.94. The van der Waals surface area contributed by atoms with E-state index in [2.05, 4.69) is 0 Å². The van der Waals surface area contributed by atoms with E-state index in [4.69, 9.17) is 30.5 Å². The second-order valence-electron chi connectivity index (χ2n) is 5.20. The van der Waals surface area contributed by atoms with Gasteiger partial charge in [0.05, 0.1) is 25.9 Å². The van der Waals surface area contributed by atoms with Gasteiger partial charge in [0.2, 0.25) is 0 Å². The van der Waals surface area contributed by atoms with E-state index >= 15 is 0 Å². The van der Waals surface area contributed by atoms with Crippen LogP contribution in [0.3, 0.4) is 0 Å². The third-order valence-corrected chi connectivity index (χ3v) is 3.51. The number of hydrogen-bond donors (Lipinski definition) is 8. The van der Waals surface area contributed by atoms with Crippen molar-refractivity contribution in [3.05, 3.63) is 0 Å². The predicted octanol–water partition coefficient (Wildman–Crippen LogP) is -5.59. The van der Waals surface area contributed by atoms with Crippen molar-refractivity contribution in [2.75, 3.05) is 19.8 Å². The standard InChI is InChI=1S/C12H23NO10/c13-4(1-14)7(18)11(5(17)2-15)23-12-10(21)9(20)8(19)6(3-16)22-12/h4-6,8-12,14-17,19-21H,1-3,13H2/t4-,5+,6+,8-,9-,10+,11+,12-/m0/s1. The summed E-state index contributed by atoms with van der Waals surface area (Å²) in [5.74, 6) is -0.967. The summed E-state index contributed by atoms with van der Waals surface area (Å²) in [6.45, 7) is -2.33. The number of carbonyl (C=O) groups excluding carboxylic acids is 1. The Kier molecular flexibility index (Phi) is 7.89. The van der Waals surface area contributed by atoms with Crippen molar-refractivity contribution in [1.82, 2.24) is 0 Å². The summed E-state index contributed by atoms with van der Waals surface area (Å²) in [6, 6.07) is -1.41. The fourth-order valence-electron chi connectivity index (χ4n) is 2.07. The van der Waals surface area contributed by atoms with Crippen molar-refractivity contribution >= 4 is 5.78 Å². The number of carbonyl (C=O) groups is 1. The molecule has 0 radical (unpaired) electrons. The molecule has 1 heterocycles. The lowest BCUT2D eigenvalue weighted by Crippen LogP contribution is -2.61. The van der Waals surface area contributed by atoms with Gasteiger partial charge in [0, 0.05) is 0 Å². The molecule has 9 N–H and O–H groups in total. The number of ether oxygens (including phenoxy) is 2. The van der Waals surface area contributed by atoms with Crippen LogP contribution >= 0.6 is 0 Å². The van der Waals surface area contributed by atoms with Gasteiger partial charge in [-0.1, -0.05) is 0 Å². The first-order valence-electron chi connectivity index (χ1n) is 6.93. The first kappa shape index (κ1) is 20.3. The van der Waals surface area contributed by atoms with Crippen molar-refractivity contribution in [3.63, 3.8) is 0 Å². The lowest BCUT2D eigenvalue weighted by Gasteiger charge is -2.41. The zero-order valence-corrected chi connectivity index (χ0v) is 12.2. The molecule has 1 fully saturated rings. The van der Waals surface area contributed by atoms with Gasteiger partial charge < -0.3 is 51.0 Å². The molecule has 0 saturated carbocycles. The first-order valence-corrected chi connectivity index (χ1v) is 6.93. The molecule has 0 aromatic rings. The average molecular weight is 341 g/mol. The van der Waals surface area contributed by atoms with Gasteiger partial charge in [-0.15, -0.1) is 0 Å². The van der Waals surface area contributed by atoms with E-state index in [1.807, 2.05) is 0 Å². The second-order valence-corrected chi connectivity index (χ2v) is 5.20. The Hall–Kier alpha value is -0.730. The number of hydrogen-bond acceptors (Lipinski definition) is 11. The van der Waals surface area contributed by atoms with E-state index in [1.54, 1.807) is 0 Å². The Morgan fingerprint density at radius 3 is 2.17 bits per heavy atom. The fourth-order valence-corrected chi connectivity index (χ4v) is 2.07. The number of Topliss-reactive ketones (excluding diaryl/α,β-unsaturated/α-hetero) is 1. The van der Waals surface area contributed by atoms with Crippen LogP contribution in [0.25, 0.3) is 0 Å². The van der Waals surface area contributed by atoms with E-state index in [0.717, 1.165) is 0 Å². The van der Waals surface area contributed by atoms with E-state index in [9.17, 15) is 25.2 Å². The van der Waals surface area contributed by atoms with Crippen LogP contribution in [0.4, 0.5) is 0 Å². The topological polar surface area (TPSA) is 203 Å². The highest BCUT2D eigenvalue weighted by Crippen LogP contribution is 2.24. The summed E-state index contributed by atoms with van der Waals surface area (Å²) in [5.41, 5.74) is 5.35. The summed E-state index contributed by atoms with van der Waals surface area (Å²) in [5, 5.41) is 65.7. The smallest absolute Gasteiger partial charge is 0.187 e. The van der Waals surface area contributed by atoms with E-state index in [0.29, 0.717) is 0 Å². The monoisotopic (exact) mass is 341 g/mol. The third-order valence-electron chi connectivity index (χ3n) is 3.51. The highest BCUT2D eigenvalue weighted by atomic mass is 16.7. The summed E-state index contributed by atoms with van der Waals surface area (Å²) < 4.78 is 10.1. The van der Waals surface area contributed by atoms with Gasteiger partial charge >= 0.3 is 0 Å². The van der Waals surface area contributed by atoms with Crippen LogP contribution < -0.4 is 5.73 Å². The fraction of sp³-hybridized carbons (Fsp3) is 0.917. The minimum absolute atomic E-state index is 0.706. The molecule has 0 aromatic heterocycles. The van der Waals surface area contributed by atoms with Gasteiger partial charge in [-0.3, -0.25) is 4.79 Å². The Labute approximate surface area is 131 Å². The zero-order valence-electron chi connectivity index (χ0n) is 12.2. The molecule has 1 aliphatic rings. The maximum atomic E-state index is 12.0. The van der Waals surface area contributed by atoms with Crippen LogP contribution in [0.1, 0.15) is 0 Å². The van der Waals surface area contributed by atoms with Crippen molar-refractivity contribution in [2.45, 2.75) is 49.0 Å². The maximum Gasteiger partial charge on any atom is 0.187 e. The Morgan fingerprint density at radius 2 is 1.70 bits per heavy atom. The van der Waals surface area contributed by atoms with Gasteiger partial charge in [0.1, 0.15) is 36.6 Å². The van der Waals surface area contributed by atoms with Gasteiger partial charge in [-0.2, -0.15) is 0 Å². The molecule has 11 nitrogen and oxygen atoms in total. The number of ketones is 1. The van der Waals surface area contributed by atoms with Crippen LogP contribution in [-0.4, -0.2) is 110 Å². The molecule has 0 amide bonds. The maximum absolute atomic E-state index is 12.0. The molecule has 1 rings (SSSR count). The van der Waals surface area contributed by atoms with Crippen LogP contribution in [0.2, 0.25) is 0 Å². The normalized spacial score (nSPS) is 35.6. The van der Waals surface area contributed by atoms with E-state index < -0.39 is 74.6 Å². The molecular formula is C12H23NO10. The van der Waals surface area contributed by atoms with Crippen LogP contribution in [0.5, 0.6) is 0 Å². The lowest BCUT2D eigenvalue weighted by atomic mass is 9.98. The molecule has 0 aliphatic carbocycles. The van der Waals surface area contributed by atoms with Gasteiger partial charge in [0.15, 0.2) is 12.1 Å². The molecule has 0 unspecified atom stereocenters. The molecular weight excluding hydrogens is 318 g/mol. The largest absolute Gasteiger partial charge is 0.394 e. The summed E-state index contributed by atoms with van der Waals surface area (Å²) in [4.78, 5) is 12.0. The Morgan fingerprint density at radius 1 is 1.09 bits per heavy atom. The molecule has 0 bridgehead atoms. The average Bonchev–Trinajstić information content (AvgIpc) is 2.57. The van der Waals surface area contributed by atoms with E-state index in [1.165, 1.54) is 0 Å². The van der Waals surface area contributed by atoms with Gasteiger partial charge in [-0.25, -0.2) is 0 Å². The van der Waals surface area contributed by atoms with Crippen molar-refractivity contribution < 1.29 is 50.0 Å². The summed E-state index contributed by atoms with van der Waals surface area (Å²) >= 11 is 0. The van der Waals surface area contributed by atoms with Crippen LogP contribution in [0, 0.1) is 0 Å². The minimum Gasteiger partial charge on any atom is -0.394 e. The quantitative estimate of drug-likeness (QED) is 0.209. The molecule has 136 valence electrons. The Balaban J connectivity index is 2.91. The van der Waals surface area contributed by atoms with Gasteiger partial charge in [-0.05, 0) is 0 Å². The first-order chi connectivity index (χ1) is 10.8. The van der Waals surface area contributed by atoms with Gasteiger partial charge in [0.25, 0.3) is 0 Å². The number of nitrogens with two attached hydrogens (primary N) is 1. The van der Waals surface area contributed by atoms with Crippen molar-refractivity contribution in [1.29, 1.82) is 0 Å². The summed E-state index contributed by atoms with van der Waals surface area (Å²) in [7, 11) is 0. The highest BCUT2D eigenvalue weighted by Gasteiger charge is 2.46. The molecule has 8 atom stereocenters. The Bertz CT molecular complexity index is 381. The minimum atomic E-state index is -1.79. The number of aliphatic hydroxyl groups excluding tert-OH is 7. The number of rotatable bonds is 8. The summed E-state index contributed by atoms with van der Waals surface area (Å²) in [6.07, 6.45) is -11.6. The van der Waals surface area contributed by atoms with Crippen molar-refractivity contribution in [3.8, 4) is 0 Å². The molecule has 0 spiro atoms. The molecule has 11 heteroatoms. The van der Waals surface area contributed by atoms with Crippen LogP contribution in [0.15, 0.2) is 0 Å². The highest BCUT2D eigenvalue weighted by molar-refractivity contribution is 5.88. The molecule has 23 heavy (non-hydrogen) atoms. The predicted molar refractivity (Wildman–Crippen MR) is 71.8 cm³/mol. The molecule has 0 aromatic carbocycles. The van der Waals surface area contributed by atoms with E-state index in [-0.39, 0.29) is 0 Å². The van der Waals surface area contributed by atoms with Crippen molar-refractivity contribution in [2.24, 2.45) is 5.73 Å². The third kappa shape index (κ3) is 4.64. The lowest BCUT2D eigenvalue weighted by molar-refractivity contribution is -0.314. The molecule has 1 saturated heterocycles. The number of aliphatic hydroxyl groups is 7. The zero-order chi connectivity index (χ0) is 17.7.